The number of carboxylic acids is 1. The fourth-order valence-electron chi connectivity index (χ4n) is 5.55. The number of benzene rings is 2. The molecule has 0 unspecified atom stereocenters. The van der Waals surface area contributed by atoms with E-state index in [1.165, 1.54) is 69.8 Å². The van der Waals surface area contributed by atoms with E-state index < -0.39 is 5.97 Å². The summed E-state index contributed by atoms with van der Waals surface area (Å²) in [6.45, 7) is 0. The molecule has 1 aromatic heterocycles. The number of carbonyl (C=O) groups is 1. The summed E-state index contributed by atoms with van der Waals surface area (Å²) in [5, 5.41) is 14.6. The van der Waals surface area contributed by atoms with Gasteiger partial charge in [0.15, 0.2) is 5.82 Å². The van der Waals surface area contributed by atoms with Crippen LogP contribution in [0.1, 0.15) is 104 Å². The Labute approximate surface area is 195 Å². The highest BCUT2D eigenvalue weighted by atomic mass is 16.4. The van der Waals surface area contributed by atoms with E-state index in [2.05, 4.69) is 16.8 Å². The lowest BCUT2D eigenvalue weighted by atomic mass is 9.89. The predicted molar refractivity (Wildman–Crippen MR) is 130 cm³/mol. The van der Waals surface area contributed by atoms with Gasteiger partial charge in [0.1, 0.15) is 5.82 Å². The number of rotatable bonds is 6. The Morgan fingerprint density at radius 2 is 1.55 bits per heavy atom. The van der Waals surface area contributed by atoms with Gasteiger partial charge in [-0.25, -0.2) is 14.5 Å². The highest BCUT2D eigenvalue weighted by Crippen LogP contribution is 2.34. The Morgan fingerprint density at radius 1 is 0.879 bits per heavy atom. The standard InChI is InChI=1S/C28H33N3O2/c32-28(33)25-14-8-7-13-24(25)21-17-15-20(16-18-21)19-26-29-27(22-9-3-1-4-10-22)30-31(26)23-11-5-2-6-12-23/h7-8,13-18,22-23H,1-6,9-12,19H2,(H,32,33). The molecule has 0 saturated heterocycles. The highest BCUT2D eigenvalue weighted by Gasteiger charge is 2.25. The molecule has 0 bridgehead atoms. The molecule has 1 N–H and O–H groups in total. The third-order valence-electron chi connectivity index (χ3n) is 7.39. The number of nitrogens with zero attached hydrogens (tertiary/aromatic N) is 3. The fourth-order valence-corrected chi connectivity index (χ4v) is 5.55. The third-order valence-corrected chi connectivity index (χ3v) is 7.39. The van der Waals surface area contributed by atoms with Crippen LogP contribution in [0.25, 0.3) is 11.1 Å². The van der Waals surface area contributed by atoms with E-state index in [1.54, 1.807) is 12.1 Å². The molecule has 5 rings (SSSR count). The summed E-state index contributed by atoms with van der Waals surface area (Å²) < 4.78 is 2.26. The van der Waals surface area contributed by atoms with Crippen molar-refractivity contribution in [2.45, 2.75) is 82.6 Å². The van der Waals surface area contributed by atoms with Crippen molar-refractivity contribution in [1.29, 1.82) is 0 Å². The van der Waals surface area contributed by atoms with Gasteiger partial charge in [0.25, 0.3) is 0 Å². The maximum Gasteiger partial charge on any atom is 0.336 e. The second kappa shape index (κ2) is 9.90. The van der Waals surface area contributed by atoms with Crippen molar-refractivity contribution in [1.82, 2.24) is 14.8 Å². The van der Waals surface area contributed by atoms with Crippen molar-refractivity contribution in [3.63, 3.8) is 0 Å². The van der Waals surface area contributed by atoms with Crippen molar-refractivity contribution in [3.8, 4) is 11.1 Å². The van der Waals surface area contributed by atoms with Crippen LogP contribution in [-0.2, 0) is 6.42 Å². The zero-order chi connectivity index (χ0) is 22.6. The Kier molecular flexibility index (Phi) is 6.56. The molecule has 0 amide bonds. The summed E-state index contributed by atoms with van der Waals surface area (Å²) in [7, 11) is 0. The van der Waals surface area contributed by atoms with Gasteiger partial charge in [-0.1, -0.05) is 81.0 Å². The second-order valence-electron chi connectivity index (χ2n) is 9.68. The Hall–Kier alpha value is -2.95. The summed E-state index contributed by atoms with van der Waals surface area (Å²) in [6, 6.07) is 15.9. The quantitative estimate of drug-likeness (QED) is 0.455. The summed E-state index contributed by atoms with van der Waals surface area (Å²) >= 11 is 0. The summed E-state index contributed by atoms with van der Waals surface area (Å²) in [5.41, 5.74) is 3.19. The number of hydrogen-bond donors (Lipinski definition) is 1. The maximum atomic E-state index is 11.6. The Balaban J connectivity index is 1.41. The van der Waals surface area contributed by atoms with E-state index in [-0.39, 0.29) is 0 Å². The van der Waals surface area contributed by atoms with E-state index in [1.807, 2.05) is 24.3 Å². The molecule has 2 aliphatic carbocycles. The van der Waals surface area contributed by atoms with Crippen LogP contribution in [0.4, 0.5) is 0 Å². The van der Waals surface area contributed by atoms with Crippen LogP contribution >= 0.6 is 0 Å². The van der Waals surface area contributed by atoms with Gasteiger partial charge in [0.2, 0.25) is 0 Å². The van der Waals surface area contributed by atoms with Gasteiger partial charge < -0.3 is 5.11 Å². The van der Waals surface area contributed by atoms with Crippen molar-refractivity contribution in [3.05, 3.63) is 71.3 Å². The van der Waals surface area contributed by atoms with Gasteiger partial charge in [-0.3, -0.25) is 0 Å². The SMILES string of the molecule is O=C(O)c1ccccc1-c1ccc(Cc2nc(C3CCCCC3)nn2C2CCCCC2)cc1. The Bertz CT molecular complexity index is 1090. The molecule has 3 aromatic rings. The monoisotopic (exact) mass is 443 g/mol. The molecular formula is C28H33N3O2. The molecule has 2 aliphatic rings. The molecule has 5 nitrogen and oxygen atoms in total. The summed E-state index contributed by atoms with van der Waals surface area (Å²) in [5.74, 6) is 1.76. The Morgan fingerprint density at radius 3 is 2.24 bits per heavy atom. The molecular weight excluding hydrogens is 410 g/mol. The van der Waals surface area contributed by atoms with Gasteiger partial charge in [-0.15, -0.1) is 0 Å². The molecule has 1 heterocycles. The van der Waals surface area contributed by atoms with Crippen LogP contribution in [0.3, 0.4) is 0 Å². The zero-order valence-corrected chi connectivity index (χ0v) is 19.2. The molecule has 0 radical (unpaired) electrons. The zero-order valence-electron chi connectivity index (χ0n) is 19.2. The van der Waals surface area contributed by atoms with Gasteiger partial charge in [0.05, 0.1) is 11.6 Å². The molecule has 0 atom stereocenters. The first-order chi connectivity index (χ1) is 16.2. The lowest BCUT2D eigenvalue weighted by Crippen LogP contribution is -2.17. The minimum Gasteiger partial charge on any atom is -0.478 e. The second-order valence-corrected chi connectivity index (χ2v) is 9.68. The molecule has 0 aliphatic heterocycles. The van der Waals surface area contributed by atoms with E-state index in [0.717, 1.165) is 29.2 Å². The first-order valence-corrected chi connectivity index (χ1v) is 12.6. The molecule has 172 valence electrons. The first kappa shape index (κ1) is 21.9. The van der Waals surface area contributed by atoms with Crippen LogP contribution in [0.15, 0.2) is 48.5 Å². The lowest BCUT2D eigenvalue weighted by molar-refractivity contribution is 0.0697. The fraction of sp³-hybridized carbons (Fsp3) is 0.464. The predicted octanol–water partition coefficient (Wildman–Crippen LogP) is 6.79. The minimum absolute atomic E-state index is 0.333. The normalized spacial score (nSPS) is 17.8. The lowest BCUT2D eigenvalue weighted by Gasteiger charge is -2.23. The average Bonchev–Trinajstić information content (AvgIpc) is 3.29. The molecule has 5 heteroatoms. The summed E-state index contributed by atoms with van der Waals surface area (Å²) in [6.07, 6.45) is 13.4. The van der Waals surface area contributed by atoms with Crippen LogP contribution in [-0.4, -0.2) is 25.8 Å². The van der Waals surface area contributed by atoms with Crippen LogP contribution < -0.4 is 0 Å². The van der Waals surface area contributed by atoms with Gasteiger partial charge in [-0.2, -0.15) is 5.10 Å². The number of carboxylic acid groups (broad SMARTS) is 1. The van der Waals surface area contributed by atoms with Crippen LogP contribution in [0.2, 0.25) is 0 Å². The van der Waals surface area contributed by atoms with E-state index in [0.29, 0.717) is 17.5 Å². The highest BCUT2D eigenvalue weighted by molar-refractivity contribution is 5.95. The molecule has 0 spiro atoms. The molecule has 2 saturated carbocycles. The smallest absolute Gasteiger partial charge is 0.336 e. The number of aromatic nitrogens is 3. The molecule has 2 fully saturated rings. The van der Waals surface area contributed by atoms with Crippen molar-refractivity contribution in [2.24, 2.45) is 0 Å². The number of aromatic carboxylic acids is 1. The first-order valence-electron chi connectivity index (χ1n) is 12.6. The van der Waals surface area contributed by atoms with Crippen molar-refractivity contribution >= 4 is 5.97 Å². The van der Waals surface area contributed by atoms with Crippen LogP contribution in [0.5, 0.6) is 0 Å². The molecule has 2 aromatic carbocycles. The largest absolute Gasteiger partial charge is 0.478 e. The van der Waals surface area contributed by atoms with Crippen molar-refractivity contribution < 1.29 is 9.90 Å². The van der Waals surface area contributed by atoms with Gasteiger partial charge in [-0.05, 0) is 48.4 Å². The molecule has 33 heavy (non-hydrogen) atoms. The van der Waals surface area contributed by atoms with E-state index in [9.17, 15) is 9.90 Å². The number of hydrogen-bond acceptors (Lipinski definition) is 3. The topological polar surface area (TPSA) is 68.0 Å². The average molecular weight is 444 g/mol. The van der Waals surface area contributed by atoms with Crippen molar-refractivity contribution in [2.75, 3.05) is 0 Å². The van der Waals surface area contributed by atoms with E-state index in [4.69, 9.17) is 10.1 Å². The van der Waals surface area contributed by atoms with Crippen LogP contribution in [0, 0.1) is 0 Å². The minimum atomic E-state index is -0.898. The summed E-state index contributed by atoms with van der Waals surface area (Å²) in [4.78, 5) is 16.7. The van der Waals surface area contributed by atoms with Gasteiger partial charge >= 0.3 is 5.97 Å². The maximum absolute atomic E-state index is 11.6. The third kappa shape index (κ3) is 4.87. The van der Waals surface area contributed by atoms with E-state index >= 15 is 0 Å². The van der Waals surface area contributed by atoms with Gasteiger partial charge in [0, 0.05) is 12.3 Å².